The van der Waals surface area contributed by atoms with E-state index in [-0.39, 0.29) is 22.8 Å². The number of carbonyl (C=O) groups excluding carboxylic acids is 1. The van der Waals surface area contributed by atoms with Crippen LogP contribution in [0.4, 0.5) is 27.6 Å². The van der Waals surface area contributed by atoms with E-state index in [1.807, 2.05) is 5.43 Å². The van der Waals surface area contributed by atoms with E-state index in [1.54, 1.807) is 5.43 Å². The number of halogens is 5. The van der Waals surface area contributed by atoms with Crippen LogP contribution in [0.25, 0.3) is 0 Å². The van der Waals surface area contributed by atoms with E-state index in [9.17, 15) is 26.7 Å². The molecule has 2 aromatic carbocycles. The van der Waals surface area contributed by atoms with E-state index in [0.717, 1.165) is 0 Å². The van der Waals surface area contributed by atoms with E-state index in [4.69, 9.17) is 14.2 Å². The number of nitrogens with one attached hydrogen (secondary N) is 2. The van der Waals surface area contributed by atoms with E-state index < -0.39 is 40.7 Å². The van der Waals surface area contributed by atoms with Gasteiger partial charge in [0.1, 0.15) is 5.69 Å². The zero-order valence-electron chi connectivity index (χ0n) is 14.2. The zero-order valence-corrected chi connectivity index (χ0v) is 14.2. The highest BCUT2D eigenvalue weighted by atomic mass is 19.2. The molecule has 146 valence electrons. The molecule has 0 fully saturated rings. The van der Waals surface area contributed by atoms with E-state index in [2.05, 4.69) is 0 Å². The Labute approximate surface area is 149 Å². The highest BCUT2D eigenvalue weighted by molar-refractivity contribution is 5.96. The Hall–Kier alpha value is -3.24. The summed E-state index contributed by atoms with van der Waals surface area (Å²) in [7, 11) is 3.93. The quantitative estimate of drug-likeness (QED) is 0.342. The monoisotopic (exact) mass is 392 g/mol. The third-order valence-corrected chi connectivity index (χ3v) is 3.44. The van der Waals surface area contributed by atoms with Gasteiger partial charge in [0.15, 0.2) is 34.8 Å². The lowest BCUT2D eigenvalue weighted by molar-refractivity contribution is 0.0961. The molecule has 11 heteroatoms. The summed E-state index contributed by atoms with van der Waals surface area (Å²) in [5.74, 6) is -11.4. The normalized spacial score (nSPS) is 10.4. The van der Waals surface area contributed by atoms with Gasteiger partial charge in [-0.05, 0) is 12.1 Å². The molecule has 0 heterocycles. The first-order valence-electron chi connectivity index (χ1n) is 7.14. The lowest BCUT2D eigenvalue weighted by atomic mass is 10.1. The van der Waals surface area contributed by atoms with Gasteiger partial charge in [0.05, 0.1) is 21.3 Å². The summed E-state index contributed by atoms with van der Waals surface area (Å²) in [6.07, 6.45) is 0. The molecule has 0 aliphatic heterocycles. The summed E-state index contributed by atoms with van der Waals surface area (Å²) in [6.45, 7) is 0. The van der Waals surface area contributed by atoms with Crippen LogP contribution in [0.1, 0.15) is 10.4 Å². The van der Waals surface area contributed by atoms with Gasteiger partial charge in [-0.1, -0.05) is 0 Å². The number of methoxy groups -OCH3 is 3. The first kappa shape index (κ1) is 20.1. The van der Waals surface area contributed by atoms with Gasteiger partial charge in [-0.3, -0.25) is 15.6 Å². The Morgan fingerprint density at radius 3 is 1.63 bits per heavy atom. The molecule has 0 saturated heterocycles. The Balaban J connectivity index is 2.32. The van der Waals surface area contributed by atoms with Crippen LogP contribution in [0.15, 0.2) is 12.1 Å². The van der Waals surface area contributed by atoms with Gasteiger partial charge in [0, 0.05) is 5.56 Å². The fourth-order valence-corrected chi connectivity index (χ4v) is 2.12. The molecular formula is C16H13F5N2O4. The Morgan fingerprint density at radius 1 is 0.778 bits per heavy atom. The molecule has 27 heavy (non-hydrogen) atoms. The Bertz CT molecular complexity index is 838. The third-order valence-electron chi connectivity index (χ3n) is 3.44. The molecule has 2 aromatic rings. The van der Waals surface area contributed by atoms with Crippen LogP contribution in [0.2, 0.25) is 0 Å². The Kier molecular flexibility index (Phi) is 5.93. The van der Waals surface area contributed by atoms with Crippen LogP contribution in [-0.4, -0.2) is 27.2 Å². The average Bonchev–Trinajstić information content (AvgIpc) is 2.69. The van der Waals surface area contributed by atoms with Gasteiger partial charge >= 0.3 is 0 Å². The van der Waals surface area contributed by atoms with Crippen LogP contribution < -0.4 is 25.1 Å². The second-order valence-corrected chi connectivity index (χ2v) is 4.94. The number of hydrazine groups is 1. The van der Waals surface area contributed by atoms with Gasteiger partial charge < -0.3 is 14.2 Å². The second-order valence-electron chi connectivity index (χ2n) is 4.94. The zero-order chi connectivity index (χ0) is 20.3. The molecule has 0 bridgehead atoms. The molecule has 1 amide bonds. The first-order chi connectivity index (χ1) is 12.8. The van der Waals surface area contributed by atoms with Gasteiger partial charge in [0.25, 0.3) is 5.91 Å². The van der Waals surface area contributed by atoms with Crippen molar-refractivity contribution in [3.63, 3.8) is 0 Å². The summed E-state index contributed by atoms with van der Waals surface area (Å²) >= 11 is 0. The molecule has 2 N–H and O–H groups in total. The number of amides is 1. The van der Waals surface area contributed by atoms with Crippen molar-refractivity contribution in [3.8, 4) is 17.2 Å². The molecule has 2 rings (SSSR count). The van der Waals surface area contributed by atoms with Gasteiger partial charge in [0.2, 0.25) is 11.6 Å². The lowest BCUT2D eigenvalue weighted by Gasteiger charge is -2.15. The number of ether oxygens (including phenoxy) is 3. The highest BCUT2D eigenvalue weighted by Gasteiger charge is 2.26. The van der Waals surface area contributed by atoms with Crippen LogP contribution in [0, 0.1) is 29.1 Å². The number of benzene rings is 2. The van der Waals surface area contributed by atoms with Crippen molar-refractivity contribution in [1.29, 1.82) is 0 Å². The van der Waals surface area contributed by atoms with E-state index in [1.165, 1.54) is 33.5 Å². The second kappa shape index (κ2) is 7.98. The number of anilines is 1. The number of hydrogen-bond donors (Lipinski definition) is 2. The van der Waals surface area contributed by atoms with Crippen molar-refractivity contribution in [3.05, 3.63) is 46.8 Å². The average molecular weight is 392 g/mol. The maximum atomic E-state index is 13.6. The van der Waals surface area contributed by atoms with Crippen LogP contribution in [0.5, 0.6) is 17.2 Å². The third kappa shape index (κ3) is 3.66. The van der Waals surface area contributed by atoms with Crippen molar-refractivity contribution < 1.29 is 41.0 Å². The van der Waals surface area contributed by atoms with Crippen LogP contribution in [-0.2, 0) is 0 Å². The van der Waals surface area contributed by atoms with E-state index in [0.29, 0.717) is 0 Å². The van der Waals surface area contributed by atoms with Crippen molar-refractivity contribution in [1.82, 2.24) is 5.43 Å². The van der Waals surface area contributed by atoms with Crippen LogP contribution >= 0.6 is 0 Å². The van der Waals surface area contributed by atoms with Crippen molar-refractivity contribution in [2.45, 2.75) is 0 Å². The molecule has 0 saturated carbocycles. The molecular weight excluding hydrogens is 379 g/mol. The number of rotatable bonds is 6. The van der Waals surface area contributed by atoms with Crippen LogP contribution in [0.3, 0.4) is 0 Å². The minimum Gasteiger partial charge on any atom is -0.493 e. The minimum absolute atomic E-state index is 0.109. The maximum Gasteiger partial charge on any atom is 0.269 e. The smallest absolute Gasteiger partial charge is 0.269 e. The standard InChI is InChI=1S/C16H13F5N2O4/c1-25-7-4-6(5-8(26-2)15(7)27-3)16(24)23-22-14-12(20)10(18)9(17)11(19)13(14)21/h4-5,22H,1-3H3,(H,23,24). The summed E-state index contributed by atoms with van der Waals surface area (Å²) in [5, 5.41) is 0. The Morgan fingerprint density at radius 2 is 1.22 bits per heavy atom. The summed E-state index contributed by atoms with van der Waals surface area (Å²) < 4.78 is 81.7. The minimum atomic E-state index is -2.31. The maximum absolute atomic E-state index is 13.6. The molecule has 0 radical (unpaired) electrons. The fourth-order valence-electron chi connectivity index (χ4n) is 2.12. The molecule has 0 unspecified atom stereocenters. The summed E-state index contributed by atoms with van der Waals surface area (Å²) in [5.41, 5.74) is 2.00. The number of hydrogen-bond acceptors (Lipinski definition) is 5. The lowest BCUT2D eigenvalue weighted by Crippen LogP contribution is -2.31. The first-order valence-corrected chi connectivity index (χ1v) is 7.14. The van der Waals surface area contributed by atoms with Crippen molar-refractivity contribution in [2.75, 3.05) is 26.8 Å². The van der Waals surface area contributed by atoms with E-state index >= 15 is 0 Å². The van der Waals surface area contributed by atoms with Gasteiger partial charge in [-0.25, -0.2) is 22.0 Å². The van der Waals surface area contributed by atoms with Gasteiger partial charge in [-0.15, -0.1) is 0 Å². The van der Waals surface area contributed by atoms with Gasteiger partial charge in [-0.2, -0.15) is 0 Å². The summed E-state index contributed by atoms with van der Waals surface area (Å²) in [6, 6.07) is 2.44. The molecule has 0 aliphatic rings. The van der Waals surface area contributed by atoms with Crippen molar-refractivity contribution >= 4 is 11.6 Å². The highest BCUT2D eigenvalue weighted by Crippen LogP contribution is 2.38. The topological polar surface area (TPSA) is 68.8 Å². The molecule has 0 spiro atoms. The molecule has 6 nitrogen and oxygen atoms in total. The molecule has 0 aliphatic carbocycles. The number of carbonyl (C=O) groups is 1. The SMILES string of the molecule is COc1cc(C(=O)NNc2c(F)c(F)c(F)c(F)c2F)cc(OC)c1OC. The molecule has 0 aromatic heterocycles. The van der Waals surface area contributed by atoms with Crippen molar-refractivity contribution in [2.24, 2.45) is 0 Å². The molecule has 0 atom stereocenters. The fraction of sp³-hybridized carbons (Fsp3) is 0.188. The largest absolute Gasteiger partial charge is 0.493 e. The predicted molar refractivity (Wildman–Crippen MR) is 83.4 cm³/mol. The predicted octanol–water partition coefficient (Wildman–Crippen LogP) is 3.16. The summed E-state index contributed by atoms with van der Waals surface area (Å²) in [4.78, 5) is 12.2.